The van der Waals surface area contributed by atoms with Crippen LogP contribution in [0, 0.1) is 5.92 Å². The van der Waals surface area contributed by atoms with Gasteiger partial charge in [0.2, 0.25) is 0 Å². The zero-order chi connectivity index (χ0) is 16.9. The summed E-state index contributed by atoms with van der Waals surface area (Å²) in [6, 6.07) is 7.63. The number of hydrogen-bond donors (Lipinski definition) is 1. The van der Waals surface area contributed by atoms with E-state index in [1.54, 1.807) is 11.1 Å². The minimum absolute atomic E-state index is 0.416. The Morgan fingerprint density at radius 3 is 2.83 bits per heavy atom. The minimum atomic E-state index is 0.416. The number of allylic oxidation sites excluding steroid dienone is 1. The molecule has 2 heteroatoms. The minimum Gasteiger partial charge on any atom is -0.381 e. The number of nitrogens with two attached hydrogens (primary N) is 1. The Hall–Kier alpha value is -1.12. The summed E-state index contributed by atoms with van der Waals surface area (Å²) in [4.78, 5) is 0. The van der Waals surface area contributed by atoms with Gasteiger partial charge in [-0.3, -0.25) is 0 Å². The van der Waals surface area contributed by atoms with Gasteiger partial charge in [-0.15, -0.1) is 0 Å². The number of aryl methyl sites for hydroxylation is 1. The van der Waals surface area contributed by atoms with E-state index < -0.39 is 0 Å². The first-order valence-corrected chi connectivity index (χ1v) is 9.70. The van der Waals surface area contributed by atoms with Crippen LogP contribution in [0.4, 0.5) is 0 Å². The van der Waals surface area contributed by atoms with Crippen molar-refractivity contribution in [2.45, 2.75) is 70.8 Å². The molecule has 132 valence electrons. The van der Waals surface area contributed by atoms with Crippen molar-refractivity contribution in [2.24, 2.45) is 11.7 Å². The van der Waals surface area contributed by atoms with Gasteiger partial charge in [-0.25, -0.2) is 0 Å². The summed E-state index contributed by atoms with van der Waals surface area (Å²) < 4.78 is 5.90. The molecule has 0 amide bonds. The molecule has 0 aliphatic heterocycles. The van der Waals surface area contributed by atoms with Gasteiger partial charge in [0.15, 0.2) is 0 Å². The molecule has 1 aromatic rings. The summed E-state index contributed by atoms with van der Waals surface area (Å²) in [7, 11) is 0. The van der Waals surface area contributed by atoms with E-state index in [2.05, 4.69) is 38.1 Å². The van der Waals surface area contributed by atoms with Crippen molar-refractivity contribution in [3.8, 4) is 0 Å². The highest BCUT2D eigenvalue weighted by atomic mass is 16.5. The highest BCUT2D eigenvalue weighted by molar-refractivity contribution is 5.36. The third kappa shape index (κ3) is 4.70. The van der Waals surface area contributed by atoms with E-state index >= 15 is 0 Å². The summed E-state index contributed by atoms with van der Waals surface area (Å²) >= 11 is 0. The predicted molar refractivity (Wildman–Crippen MR) is 101 cm³/mol. The van der Waals surface area contributed by atoms with Crippen molar-refractivity contribution < 1.29 is 4.74 Å². The Balaban J connectivity index is 1.50. The van der Waals surface area contributed by atoms with Gasteiger partial charge >= 0.3 is 0 Å². The lowest BCUT2D eigenvalue weighted by Crippen LogP contribution is -2.20. The highest BCUT2D eigenvalue weighted by Gasteiger charge is 2.25. The van der Waals surface area contributed by atoms with Crippen LogP contribution in [0.1, 0.15) is 68.6 Å². The van der Waals surface area contributed by atoms with Crippen LogP contribution >= 0.6 is 0 Å². The van der Waals surface area contributed by atoms with Crippen LogP contribution in [-0.4, -0.2) is 19.3 Å². The van der Waals surface area contributed by atoms with E-state index in [0.717, 1.165) is 19.6 Å². The maximum Gasteiger partial charge on any atom is 0.0500 e. The summed E-state index contributed by atoms with van der Waals surface area (Å²) in [5.41, 5.74) is 12.1. The molecule has 3 unspecified atom stereocenters. The number of fused-ring (bicyclic) bond motifs is 1. The Bertz CT molecular complexity index is 573. The molecule has 3 rings (SSSR count). The Morgan fingerprint density at radius 2 is 2.08 bits per heavy atom. The van der Waals surface area contributed by atoms with Crippen molar-refractivity contribution >= 4 is 0 Å². The molecule has 2 N–H and O–H groups in total. The summed E-state index contributed by atoms with van der Waals surface area (Å²) in [6.07, 6.45) is 10.6. The molecule has 0 radical (unpaired) electrons. The molecule has 0 spiro atoms. The van der Waals surface area contributed by atoms with Crippen molar-refractivity contribution in [3.63, 3.8) is 0 Å². The van der Waals surface area contributed by atoms with E-state index in [0.29, 0.717) is 17.9 Å². The quantitative estimate of drug-likeness (QED) is 0.604. The van der Waals surface area contributed by atoms with E-state index in [1.807, 2.05) is 0 Å². The lowest BCUT2D eigenvalue weighted by molar-refractivity contribution is 0.0977. The van der Waals surface area contributed by atoms with Crippen molar-refractivity contribution in [1.82, 2.24) is 0 Å². The largest absolute Gasteiger partial charge is 0.381 e. The first kappa shape index (κ1) is 17.7. The monoisotopic (exact) mass is 327 g/mol. The fourth-order valence-corrected chi connectivity index (χ4v) is 4.25. The Labute approximate surface area is 147 Å². The third-order valence-electron chi connectivity index (χ3n) is 5.67. The zero-order valence-corrected chi connectivity index (χ0v) is 15.4. The fourth-order valence-electron chi connectivity index (χ4n) is 4.25. The molecule has 1 saturated carbocycles. The van der Waals surface area contributed by atoms with E-state index in [-0.39, 0.29) is 0 Å². The van der Waals surface area contributed by atoms with Crippen molar-refractivity contribution in [2.75, 3.05) is 13.2 Å². The van der Waals surface area contributed by atoms with Crippen molar-refractivity contribution in [1.29, 1.82) is 0 Å². The van der Waals surface area contributed by atoms with Crippen molar-refractivity contribution in [3.05, 3.63) is 46.5 Å². The molecule has 1 aromatic carbocycles. The lowest BCUT2D eigenvalue weighted by atomic mass is 9.82. The molecule has 1 fully saturated rings. The Morgan fingerprint density at radius 1 is 1.21 bits per heavy atom. The zero-order valence-electron chi connectivity index (χ0n) is 15.4. The molecular weight excluding hydrogens is 294 g/mol. The van der Waals surface area contributed by atoms with Gasteiger partial charge in [-0.1, -0.05) is 29.8 Å². The van der Waals surface area contributed by atoms with Gasteiger partial charge in [0.1, 0.15) is 0 Å². The normalized spacial score (nSPS) is 26.2. The topological polar surface area (TPSA) is 35.2 Å². The fraction of sp³-hybridized carbons (Fsp3) is 0.636. The third-order valence-corrected chi connectivity index (χ3v) is 5.67. The van der Waals surface area contributed by atoms with Crippen LogP contribution in [0.15, 0.2) is 29.8 Å². The second-order valence-electron chi connectivity index (χ2n) is 8.05. The molecule has 2 nitrogen and oxygen atoms in total. The average molecular weight is 328 g/mol. The predicted octanol–water partition coefficient (Wildman–Crippen LogP) is 4.76. The second kappa shape index (κ2) is 8.31. The van der Waals surface area contributed by atoms with Gasteiger partial charge in [0.05, 0.1) is 6.61 Å². The molecule has 0 saturated heterocycles. The van der Waals surface area contributed by atoms with E-state index in [9.17, 15) is 0 Å². The average Bonchev–Trinajstić information content (AvgIpc) is 3.00. The highest BCUT2D eigenvalue weighted by Crippen LogP contribution is 2.36. The lowest BCUT2D eigenvalue weighted by Gasteiger charge is -2.25. The van der Waals surface area contributed by atoms with Crippen LogP contribution in [0.2, 0.25) is 0 Å². The van der Waals surface area contributed by atoms with Gasteiger partial charge in [0.25, 0.3) is 0 Å². The maximum atomic E-state index is 6.09. The van der Waals surface area contributed by atoms with Crippen LogP contribution in [-0.2, 0) is 17.6 Å². The van der Waals surface area contributed by atoms with Crippen LogP contribution in [0.25, 0.3) is 0 Å². The first-order valence-electron chi connectivity index (χ1n) is 9.70. The molecule has 2 aliphatic rings. The molecule has 0 bridgehead atoms. The Kier molecular flexibility index (Phi) is 6.13. The van der Waals surface area contributed by atoms with Crippen LogP contribution < -0.4 is 5.73 Å². The number of benzene rings is 1. The summed E-state index contributed by atoms with van der Waals surface area (Å²) in [5, 5.41) is 0. The number of rotatable bonds is 6. The summed E-state index contributed by atoms with van der Waals surface area (Å²) in [6.45, 7) is 6.06. The van der Waals surface area contributed by atoms with Gasteiger partial charge in [0, 0.05) is 12.6 Å². The molecule has 3 atom stereocenters. The van der Waals surface area contributed by atoms with E-state index in [1.165, 1.54) is 49.7 Å². The van der Waals surface area contributed by atoms with Gasteiger partial charge in [-0.2, -0.15) is 0 Å². The maximum absolute atomic E-state index is 6.09. The summed E-state index contributed by atoms with van der Waals surface area (Å²) in [5.74, 6) is 1.39. The first-order chi connectivity index (χ1) is 11.6. The van der Waals surface area contributed by atoms with Crippen LogP contribution in [0.3, 0.4) is 0 Å². The van der Waals surface area contributed by atoms with E-state index in [4.69, 9.17) is 10.5 Å². The molecule has 24 heavy (non-hydrogen) atoms. The van der Waals surface area contributed by atoms with Gasteiger partial charge in [-0.05, 0) is 87.3 Å². The smallest absolute Gasteiger partial charge is 0.0500 e. The number of hydrogen-bond acceptors (Lipinski definition) is 2. The van der Waals surface area contributed by atoms with Crippen LogP contribution in [0.5, 0.6) is 0 Å². The number of ether oxygens (including phenoxy) is 1. The molecule has 0 aromatic heterocycles. The molecule has 2 aliphatic carbocycles. The second-order valence-corrected chi connectivity index (χ2v) is 8.05. The standard InChI is InChI=1S/C22H33NO/c1-16(2)4-3-11-24-15-17-5-6-19-13-20(8-7-18(19)12-17)21-9-10-22(23)14-21/h4,7-8,13,17,21-22H,3,5-6,9-12,14-15,23H2,1-2H3. The molecule has 0 heterocycles. The SMILES string of the molecule is CC(C)=CCCOCC1CCc2cc(C3CCC(N)C3)ccc2C1. The van der Waals surface area contributed by atoms with Gasteiger partial charge < -0.3 is 10.5 Å². The molecular formula is C22H33NO.